The molecule has 2 aromatic carbocycles. The van der Waals surface area contributed by atoms with E-state index in [2.05, 4.69) is 14.9 Å². The minimum Gasteiger partial charge on any atom is -0.368 e. The Kier molecular flexibility index (Phi) is 7.76. The van der Waals surface area contributed by atoms with Crippen molar-refractivity contribution in [1.82, 2.24) is 10.2 Å². The normalized spacial score (nSPS) is 14.4. The fourth-order valence-electron chi connectivity index (χ4n) is 3.27. The minimum atomic E-state index is -3.34. The number of hydrogen-bond acceptors (Lipinski definition) is 5. The summed E-state index contributed by atoms with van der Waals surface area (Å²) in [6, 6.07) is 14.2. The van der Waals surface area contributed by atoms with Gasteiger partial charge in [0, 0.05) is 48.7 Å². The third-order valence-corrected chi connectivity index (χ3v) is 5.70. The number of sulfonamides is 1. The lowest BCUT2D eigenvalue weighted by Crippen LogP contribution is -2.51. The van der Waals surface area contributed by atoms with Gasteiger partial charge in [-0.25, -0.2) is 8.42 Å². The van der Waals surface area contributed by atoms with Gasteiger partial charge in [0.25, 0.3) is 0 Å². The van der Waals surface area contributed by atoms with Crippen molar-refractivity contribution < 1.29 is 18.0 Å². The number of piperazine rings is 1. The zero-order valence-corrected chi connectivity index (χ0v) is 19.2. The maximum atomic E-state index is 12.4. The Morgan fingerprint density at radius 2 is 1.75 bits per heavy atom. The molecule has 1 saturated heterocycles. The predicted octanol–water partition coefficient (Wildman–Crippen LogP) is 2.19. The van der Waals surface area contributed by atoms with E-state index in [-0.39, 0.29) is 18.4 Å². The van der Waals surface area contributed by atoms with E-state index in [9.17, 15) is 18.0 Å². The van der Waals surface area contributed by atoms with E-state index < -0.39 is 10.0 Å². The van der Waals surface area contributed by atoms with Crippen LogP contribution in [0.4, 0.5) is 11.4 Å². The van der Waals surface area contributed by atoms with Gasteiger partial charge in [-0.15, -0.1) is 0 Å². The molecular formula is C22H25ClN4O4S. The number of nitrogens with zero attached hydrogens (tertiary/aromatic N) is 2. The molecule has 1 heterocycles. The maximum absolute atomic E-state index is 12.4. The Labute approximate surface area is 192 Å². The quantitative estimate of drug-likeness (QED) is 0.597. The number of anilines is 2. The van der Waals surface area contributed by atoms with Gasteiger partial charge in [-0.2, -0.15) is 0 Å². The molecule has 0 unspecified atom stereocenters. The molecule has 0 spiro atoms. The Bertz CT molecular complexity index is 1100. The molecule has 32 heavy (non-hydrogen) atoms. The van der Waals surface area contributed by atoms with Crippen LogP contribution in [0.1, 0.15) is 5.56 Å². The zero-order chi connectivity index (χ0) is 23.1. The summed E-state index contributed by atoms with van der Waals surface area (Å²) in [4.78, 5) is 28.4. The smallest absolute Gasteiger partial charge is 0.244 e. The van der Waals surface area contributed by atoms with Crippen molar-refractivity contribution in [2.75, 3.05) is 48.6 Å². The van der Waals surface area contributed by atoms with E-state index in [1.807, 2.05) is 24.3 Å². The van der Waals surface area contributed by atoms with Crippen LogP contribution in [-0.2, 0) is 19.6 Å². The number of rotatable bonds is 7. The highest BCUT2D eigenvalue weighted by molar-refractivity contribution is 7.92. The number of amides is 2. The van der Waals surface area contributed by atoms with Gasteiger partial charge in [0.1, 0.15) is 0 Å². The van der Waals surface area contributed by atoms with Crippen LogP contribution in [-0.4, -0.2) is 64.1 Å². The Hall–Kier alpha value is -3.04. The van der Waals surface area contributed by atoms with Crippen molar-refractivity contribution in [3.05, 3.63) is 65.2 Å². The number of carbonyl (C=O) groups excluding carboxylic acids is 2. The highest BCUT2D eigenvalue weighted by atomic mass is 35.5. The Morgan fingerprint density at radius 1 is 1.06 bits per heavy atom. The highest BCUT2D eigenvalue weighted by Crippen LogP contribution is 2.20. The second kappa shape index (κ2) is 10.5. The van der Waals surface area contributed by atoms with Crippen LogP contribution >= 0.6 is 11.6 Å². The van der Waals surface area contributed by atoms with Crippen LogP contribution in [0, 0.1) is 0 Å². The van der Waals surface area contributed by atoms with Crippen molar-refractivity contribution in [2.45, 2.75) is 0 Å². The fraction of sp³-hybridized carbons (Fsp3) is 0.273. The molecule has 0 saturated carbocycles. The van der Waals surface area contributed by atoms with Crippen LogP contribution in [0.2, 0.25) is 5.02 Å². The van der Waals surface area contributed by atoms with Crippen LogP contribution in [0.3, 0.4) is 0 Å². The molecule has 10 heteroatoms. The molecule has 2 N–H and O–H groups in total. The van der Waals surface area contributed by atoms with E-state index in [4.69, 9.17) is 11.6 Å². The van der Waals surface area contributed by atoms with E-state index in [0.29, 0.717) is 36.9 Å². The van der Waals surface area contributed by atoms with Crippen molar-refractivity contribution in [3.63, 3.8) is 0 Å². The van der Waals surface area contributed by atoms with Gasteiger partial charge in [0.15, 0.2) is 0 Å². The molecule has 8 nitrogen and oxygen atoms in total. The molecule has 3 rings (SSSR count). The summed E-state index contributed by atoms with van der Waals surface area (Å²) < 4.78 is 24.8. The third kappa shape index (κ3) is 7.28. The van der Waals surface area contributed by atoms with Crippen molar-refractivity contribution in [1.29, 1.82) is 0 Å². The molecule has 0 aliphatic carbocycles. The largest absolute Gasteiger partial charge is 0.368 e. The SMILES string of the molecule is CS(=O)(=O)Nc1ccc(/C=C/C(=O)NCC(=O)N2CCN(c3cccc(Cl)c3)CC2)cc1. The molecule has 1 aliphatic heterocycles. The van der Waals surface area contributed by atoms with E-state index in [1.165, 1.54) is 6.08 Å². The van der Waals surface area contributed by atoms with Gasteiger partial charge in [-0.1, -0.05) is 29.8 Å². The summed E-state index contributed by atoms with van der Waals surface area (Å²) in [5, 5.41) is 3.28. The number of hydrogen-bond donors (Lipinski definition) is 2. The van der Waals surface area contributed by atoms with Gasteiger partial charge >= 0.3 is 0 Å². The molecular weight excluding hydrogens is 452 g/mol. The first-order valence-corrected chi connectivity index (χ1v) is 12.3. The topological polar surface area (TPSA) is 98.8 Å². The van der Waals surface area contributed by atoms with E-state index in [1.54, 1.807) is 35.2 Å². The number of carbonyl (C=O) groups is 2. The van der Waals surface area contributed by atoms with Crippen molar-refractivity contribution in [3.8, 4) is 0 Å². The first-order chi connectivity index (χ1) is 15.2. The van der Waals surface area contributed by atoms with Crippen LogP contribution in [0.25, 0.3) is 6.08 Å². The summed E-state index contributed by atoms with van der Waals surface area (Å²) in [5.41, 5.74) is 2.20. The highest BCUT2D eigenvalue weighted by Gasteiger charge is 2.21. The predicted molar refractivity (Wildman–Crippen MR) is 127 cm³/mol. The summed E-state index contributed by atoms with van der Waals surface area (Å²) in [5.74, 6) is -0.511. The molecule has 170 valence electrons. The second-order valence-corrected chi connectivity index (χ2v) is 9.58. The monoisotopic (exact) mass is 476 g/mol. The van der Waals surface area contributed by atoms with Gasteiger partial charge in [-0.05, 0) is 42.0 Å². The average Bonchev–Trinajstić information content (AvgIpc) is 2.76. The molecule has 1 aliphatic rings. The molecule has 2 aromatic rings. The zero-order valence-electron chi connectivity index (χ0n) is 17.6. The van der Waals surface area contributed by atoms with Crippen molar-refractivity contribution >= 4 is 50.9 Å². The standard InChI is InChI=1S/C22H25ClN4O4S/c1-32(30,31)25-19-8-5-17(6-9-19)7-10-21(28)24-16-22(29)27-13-11-26(12-14-27)20-4-2-3-18(23)15-20/h2-10,15,25H,11-14,16H2,1H3,(H,24,28)/b10-7+. The second-order valence-electron chi connectivity index (χ2n) is 7.40. The first-order valence-electron chi connectivity index (χ1n) is 10.0. The van der Waals surface area contributed by atoms with Gasteiger partial charge in [-0.3, -0.25) is 14.3 Å². The summed E-state index contributed by atoms with van der Waals surface area (Å²) in [7, 11) is -3.34. The Morgan fingerprint density at radius 3 is 2.38 bits per heavy atom. The molecule has 2 amide bonds. The third-order valence-electron chi connectivity index (χ3n) is 4.86. The lowest BCUT2D eigenvalue weighted by atomic mass is 10.2. The molecule has 1 fully saturated rings. The van der Waals surface area contributed by atoms with Gasteiger partial charge in [0.05, 0.1) is 12.8 Å². The number of halogens is 1. The number of benzene rings is 2. The van der Waals surface area contributed by atoms with Crippen LogP contribution in [0.5, 0.6) is 0 Å². The first kappa shape index (κ1) is 23.6. The minimum absolute atomic E-state index is 0.0719. The van der Waals surface area contributed by atoms with Gasteiger partial charge in [0.2, 0.25) is 21.8 Å². The number of nitrogens with one attached hydrogen (secondary N) is 2. The molecule has 0 radical (unpaired) electrons. The fourth-order valence-corrected chi connectivity index (χ4v) is 4.02. The van der Waals surface area contributed by atoms with E-state index >= 15 is 0 Å². The Balaban J connectivity index is 1.42. The summed E-state index contributed by atoms with van der Waals surface area (Å²) in [6.45, 7) is 2.47. The lowest BCUT2D eigenvalue weighted by Gasteiger charge is -2.36. The van der Waals surface area contributed by atoms with Crippen LogP contribution in [0.15, 0.2) is 54.6 Å². The van der Waals surface area contributed by atoms with Gasteiger partial charge < -0.3 is 15.1 Å². The summed E-state index contributed by atoms with van der Waals surface area (Å²) >= 11 is 6.05. The van der Waals surface area contributed by atoms with Crippen molar-refractivity contribution in [2.24, 2.45) is 0 Å². The molecule has 0 aromatic heterocycles. The molecule has 0 bridgehead atoms. The summed E-state index contributed by atoms with van der Waals surface area (Å²) in [6.07, 6.45) is 4.00. The lowest BCUT2D eigenvalue weighted by molar-refractivity contribution is -0.132. The van der Waals surface area contributed by atoms with E-state index in [0.717, 1.165) is 17.5 Å². The average molecular weight is 477 g/mol. The molecule has 0 atom stereocenters. The van der Waals surface area contributed by atoms with Crippen LogP contribution < -0.4 is 14.9 Å². The maximum Gasteiger partial charge on any atom is 0.244 e.